The molecule has 1 fully saturated rings. The van der Waals surface area contributed by atoms with Crippen LogP contribution in [0, 0.1) is 6.92 Å². The molecule has 1 N–H and O–H groups in total. The van der Waals surface area contributed by atoms with Gasteiger partial charge in [-0.05, 0) is 73.5 Å². The molecule has 0 saturated carbocycles. The van der Waals surface area contributed by atoms with E-state index in [1.165, 1.54) is 19.1 Å². The number of hydrogen-bond donors (Lipinski definition) is 1. The molecular weight excluding hydrogens is 517 g/mol. The number of aliphatic hydroxyl groups is 1. The highest BCUT2D eigenvalue weighted by molar-refractivity contribution is 6.51. The molecule has 0 aromatic heterocycles. The summed E-state index contributed by atoms with van der Waals surface area (Å²) in [5.41, 5.74) is 1.77. The first kappa shape index (κ1) is 26.4. The summed E-state index contributed by atoms with van der Waals surface area (Å²) in [5.74, 6) is -0.963. The Balaban J connectivity index is 2.02. The van der Waals surface area contributed by atoms with Gasteiger partial charge in [0.25, 0.3) is 11.7 Å². The first-order valence-electron chi connectivity index (χ1n) is 11.4. The van der Waals surface area contributed by atoms with Crippen molar-refractivity contribution in [1.29, 1.82) is 0 Å². The van der Waals surface area contributed by atoms with Crippen LogP contribution in [-0.2, 0) is 9.59 Å². The SMILES string of the molecule is CCOc1cc(C2/C(=C(\O)c3cc(C)cc(Cl)c3OC)C(=O)C(=O)N2c2ccc(Cl)cc2)ccc1OC. The van der Waals surface area contributed by atoms with Crippen molar-refractivity contribution < 1.29 is 28.9 Å². The first-order chi connectivity index (χ1) is 17.7. The Labute approximate surface area is 224 Å². The van der Waals surface area contributed by atoms with E-state index in [2.05, 4.69) is 0 Å². The van der Waals surface area contributed by atoms with E-state index in [0.717, 1.165) is 5.56 Å². The first-order valence-corrected chi connectivity index (χ1v) is 12.2. The van der Waals surface area contributed by atoms with Crippen LogP contribution in [0.4, 0.5) is 5.69 Å². The lowest BCUT2D eigenvalue weighted by molar-refractivity contribution is -0.132. The van der Waals surface area contributed by atoms with Crippen molar-refractivity contribution in [1.82, 2.24) is 0 Å². The van der Waals surface area contributed by atoms with Gasteiger partial charge in [0.2, 0.25) is 0 Å². The standard InChI is InChI=1S/C28H25Cl2NO6/c1-5-37-22-14-16(6-11-21(22)35-3)24-23(25(32)19-12-15(2)13-20(30)27(19)36-4)26(33)28(34)31(24)18-9-7-17(29)8-10-18/h6-14,24,32H,5H2,1-4H3/b25-23+. The molecular formula is C28H25Cl2NO6. The van der Waals surface area contributed by atoms with Gasteiger partial charge in [-0.25, -0.2) is 0 Å². The van der Waals surface area contributed by atoms with E-state index in [9.17, 15) is 14.7 Å². The summed E-state index contributed by atoms with van der Waals surface area (Å²) >= 11 is 12.4. The smallest absolute Gasteiger partial charge is 0.300 e. The number of ketones is 1. The fourth-order valence-corrected chi connectivity index (χ4v) is 4.88. The molecule has 0 bridgehead atoms. The molecule has 0 aliphatic carbocycles. The number of aryl methyl sites for hydroxylation is 1. The zero-order valence-corrected chi connectivity index (χ0v) is 22.2. The van der Waals surface area contributed by atoms with Gasteiger partial charge in [-0.15, -0.1) is 0 Å². The molecule has 1 aliphatic heterocycles. The fourth-order valence-electron chi connectivity index (χ4n) is 4.41. The van der Waals surface area contributed by atoms with Gasteiger partial charge in [0.15, 0.2) is 11.5 Å². The molecule has 0 radical (unpaired) electrons. The topological polar surface area (TPSA) is 85.3 Å². The Morgan fingerprint density at radius 3 is 2.30 bits per heavy atom. The van der Waals surface area contributed by atoms with Crippen LogP contribution in [0.15, 0.2) is 60.2 Å². The zero-order valence-electron chi connectivity index (χ0n) is 20.7. The molecule has 1 atom stereocenters. The van der Waals surface area contributed by atoms with Gasteiger partial charge in [0.05, 0.1) is 43.0 Å². The van der Waals surface area contributed by atoms with Crippen molar-refractivity contribution in [2.75, 3.05) is 25.7 Å². The lowest BCUT2D eigenvalue weighted by Gasteiger charge is -2.26. The van der Waals surface area contributed by atoms with Crippen LogP contribution in [0.25, 0.3) is 5.76 Å². The molecule has 1 aliphatic rings. The fraction of sp³-hybridized carbons (Fsp3) is 0.214. The van der Waals surface area contributed by atoms with Crippen LogP contribution in [0.2, 0.25) is 10.0 Å². The Hall–Kier alpha value is -3.68. The van der Waals surface area contributed by atoms with Crippen LogP contribution >= 0.6 is 23.2 Å². The number of anilines is 1. The normalized spacial score (nSPS) is 16.7. The lowest BCUT2D eigenvalue weighted by atomic mass is 9.94. The summed E-state index contributed by atoms with van der Waals surface area (Å²) in [6, 6.07) is 13.9. The maximum atomic E-state index is 13.5. The van der Waals surface area contributed by atoms with Crippen LogP contribution in [0.1, 0.15) is 29.7 Å². The maximum Gasteiger partial charge on any atom is 0.300 e. The van der Waals surface area contributed by atoms with Crippen molar-refractivity contribution in [3.05, 3.63) is 86.9 Å². The Kier molecular flexibility index (Phi) is 7.66. The van der Waals surface area contributed by atoms with Gasteiger partial charge in [0.1, 0.15) is 11.5 Å². The third-order valence-corrected chi connectivity index (χ3v) is 6.53. The lowest BCUT2D eigenvalue weighted by Crippen LogP contribution is -2.29. The number of Topliss-reactive ketones (excluding diaryl/α,β-unsaturated/α-hetero) is 1. The maximum absolute atomic E-state index is 13.5. The highest BCUT2D eigenvalue weighted by Gasteiger charge is 2.47. The molecule has 37 heavy (non-hydrogen) atoms. The van der Waals surface area contributed by atoms with Crippen LogP contribution < -0.4 is 19.1 Å². The van der Waals surface area contributed by atoms with Gasteiger partial charge >= 0.3 is 0 Å². The number of carbonyl (C=O) groups is 2. The summed E-state index contributed by atoms with van der Waals surface area (Å²) < 4.78 is 16.6. The summed E-state index contributed by atoms with van der Waals surface area (Å²) in [7, 11) is 2.93. The Bertz CT molecular complexity index is 1400. The van der Waals surface area contributed by atoms with E-state index in [1.807, 2.05) is 6.92 Å². The average Bonchev–Trinajstić information content (AvgIpc) is 3.14. The molecule has 1 saturated heterocycles. The summed E-state index contributed by atoms with van der Waals surface area (Å²) in [6.07, 6.45) is 0. The number of ether oxygens (including phenoxy) is 3. The van der Waals surface area contributed by atoms with Crippen molar-refractivity contribution in [2.45, 2.75) is 19.9 Å². The number of halogens is 2. The minimum atomic E-state index is -0.990. The molecule has 7 nitrogen and oxygen atoms in total. The number of rotatable bonds is 7. The molecule has 9 heteroatoms. The summed E-state index contributed by atoms with van der Waals surface area (Å²) in [4.78, 5) is 28.2. The molecule has 1 heterocycles. The molecule has 0 spiro atoms. The Morgan fingerprint density at radius 1 is 0.973 bits per heavy atom. The van der Waals surface area contributed by atoms with Crippen molar-refractivity contribution in [3.8, 4) is 17.2 Å². The highest BCUT2D eigenvalue weighted by atomic mass is 35.5. The van der Waals surface area contributed by atoms with Gasteiger partial charge < -0.3 is 19.3 Å². The minimum Gasteiger partial charge on any atom is -0.507 e. The monoisotopic (exact) mass is 541 g/mol. The molecule has 4 rings (SSSR count). The van der Waals surface area contributed by atoms with E-state index < -0.39 is 23.5 Å². The molecule has 1 unspecified atom stereocenters. The quantitative estimate of drug-likeness (QED) is 0.213. The van der Waals surface area contributed by atoms with Crippen molar-refractivity contribution in [2.24, 2.45) is 0 Å². The zero-order chi connectivity index (χ0) is 26.9. The number of methoxy groups -OCH3 is 2. The second kappa shape index (κ2) is 10.7. The number of aliphatic hydroxyl groups excluding tert-OH is 1. The summed E-state index contributed by atoms with van der Waals surface area (Å²) in [5, 5.41) is 12.3. The number of carbonyl (C=O) groups excluding carboxylic acids is 2. The number of benzene rings is 3. The van der Waals surface area contributed by atoms with Gasteiger partial charge in [-0.1, -0.05) is 29.3 Å². The largest absolute Gasteiger partial charge is 0.507 e. The predicted molar refractivity (Wildman–Crippen MR) is 143 cm³/mol. The van der Waals surface area contributed by atoms with Crippen LogP contribution in [0.5, 0.6) is 17.2 Å². The van der Waals surface area contributed by atoms with Gasteiger partial charge in [-0.3, -0.25) is 14.5 Å². The van der Waals surface area contributed by atoms with Crippen molar-refractivity contribution >= 4 is 46.3 Å². The average molecular weight is 542 g/mol. The number of amides is 1. The molecule has 192 valence electrons. The van der Waals surface area contributed by atoms with E-state index in [-0.39, 0.29) is 21.9 Å². The predicted octanol–water partition coefficient (Wildman–Crippen LogP) is 6.34. The summed E-state index contributed by atoms with van der Waals surface area (Å²) in [6.45, 7) is 4.00. The van der Waals surface area contributed by atoms with Gasteiger partial charge in [0, 0.05) is 10.7 Å². The minimum absolute atomic E-state index is 0.118. The second-order valence-corrected chi connectivity index (χ2v) is 9.16. The Morgan fingerprint density at radius 2 is 1.68 bits per heavy atom. The third kappa shape index (κ3) is 4.84. The van der Waals surface area contributed by atoms with Crippen LogP contribution in [0.3, 0.4) is 0 Å². The third-order valence-electron chi connectivity index (χ3n) is 6.00. The van der Waals surface area contributed by atoms with Crippen molar-refractivity contribution in [3.63, 3.8) is 0 Å². The van der Waals surface area contributed by atoms with E-state index in [0.29, 0.717) is 34.4 Å². The van der Waals surface area contributed by atoms with E-state index in [4.69, 9.17) is 37.4 Å². The molecule has 3 aromatic rings. The van der Waals surface area contributed by atoms with E-state index in [1.54, 1.807) is 61.5 Å². The second-order valence-electron chi connectivity index (χ2n) is 8.32. The molecule has 3 aromatic carbocycles. The number of nitrogens with zero attached hydrogens (tertiary/aromatic N) is 1. The highest BCUT2D eigenvalue weighted by Crippen LogP contribution is 2.46. The van der Waals surface area contributed by atoms with Crippen LogP contribution in [-0.4, -0.2) is 37.6 Å². The number of hydrogen-bond acceptors (Lipinski definition) is 6. The molecule has 1 amide bonds. The van der Waals surface area contributed by atoms with Gasteiger partial charge in [-0.2, -0.15) is 0 Å². The van der Waals surface area contributed by atoms with E-state index >= 15 is 0 Å².